The third-order valence-electron chi connectivity index (χ3n) is 4.42. The van der Waals surface area contributed by atoms with Gasteiger partial charge in [-0.05, 0) is 31.4 Å². The monoisotopic (exact) mass is 304 g/mol. The first-order chi connectivity index (χ1) is 10.4. The van der Waals surface area contributed by atoms with E-state index in [1.54, 1.807) is 16.6 Å². The van der Waals surface area contributed by atoms with E-state index in [2.05, 4.69) is 10.1 Å². The van der Waals surface area contributed by atoms with Gasteiger partial charge in [-0.25, -0.2) is 4.98 Å². The van der Waals surface area contributed by atoms with Gasteiger partial charge < -0.3 is 10.0 Å². The van der Waals surface area contributed by atoms with Crippen molar-refractivity contribution >= 4 is 16.9 Å². The molecule has 1 amide bonds. The number of rotatable bonds is 2. The molecule has 1 fully saturated rings. The highest BCUT2D eigenvalue weighted by atomic mass is 16.3. The Bertz CT molecular complexity index is 805. The number of aromatic amines is 1. The maximum atomic E-state index is 12.4. The second-order valence-electron chi connectivity index (χ2n) is 5.96. The van der Waals surface area contributed by atoms with Crippen LogP contribution in [-0.4, -0.2) is 49.9 Å². The molecule has 0 unspecified atom stereocenters. The number of nitrogens with zero attached hydrogens (tertiary/aromatic N) is 3. The van der Waals surface area contributed by atoms with Crippen LogP contribution in [-0.2, 0) is 18.3 Å². The molecule has 1 saturated heterocycles. The van der Waals surface area contributed by atoms with E-state index in [1.807, 2.05) is 13.8 Å². The summed E-state index contributed by atoms with van der Waals surface area (Å²) in [5.74, 6) is -0.0312. The number of pyridine rings is 1. The van der Waals surface area contributed by atoms with Gasteiger partial charge in [0.2, 0.25) is 5.91 Å². The van der Waals surface area contributed by atoms with Gasteiger partial charge in [0.25, 0.3) is 5.56 Å². The zero-order valence-electron chi connectivity index (χ0n) is 13.0. The van der Waals surface area contributed by atoms with Crippen molar-refractivity contribution in [2.45, 2.75) is 32.8 Å². The van der Waals surface area contributed by atoms with Gasteiger partial charge >= 0.3 is 0 Å². The summed E-state index contributed by atoms with van der Waals surface area (Å²) in [6.45, 7) is 4.68. The number of aromatic nitrogens is 3. The summed E-state index contributed by atoms with van der Waals surface area (Å²) in [6, 6.07) is 0. The number of H-pyrrole nitrogens is 1. The van der Waals surface area contributed by atoms with Crippen LogP contribution in [0.25, 0.3) is 11.0 Å². The number of nitrogens with one attached hydrogen (secondary N) is 1. The average molecular weight is 304 g/mol. The lowest BCUT2D eigenvalue weighted by molar-refractivity contribution is -0.129. The minimum atomic E-state index is -0.427. The van der Waals surface area contributed by atoms with E-state index in [0.29, 0.717) is 30.5 Å². The Morgan fingerprint density at radius 1 is 1.45 bits per heavy atom. The van der Waals surface area contributed by atoms with Gasteiger partial charge in [0.05, 0.1) is 17.9 Å². The molecule has 0 bridgehead atoms. The van der Waals surface area contributed by atoms with Crippen LogP contribution >= 0.6 is 0 Å². The number of fused-ring (bicyclic) bond motifs is 1. The number of hydrogen-bond acceptors (Lipinski definition) is 4. The number of aryl methyl sites for hydroxylation is 3. The number of carbonyl (C=O) groups excluding carboxylic acids is 1. The normalized spacial score (nSPS) is 18.4. The summed E-state index contributed by atoms with van der Waals surface area (Å²) < 4.78 is 1.60. The smallest absolute Gasteiger partial charge is 0.273 e. The molecule has 2 aromatic heterocycles. The first-order valence-corrected chi connectivity index (χ1v) is 7.39. The van der Waals surface area contributed by atoms with Crippen molar-refractivity contribution in [3.05, 3.63) is 27.2 Å². The molecule has 7 heteroatoms. The predicted molar refractivity (Wildman–Crippen MR) is 81.7 cm³/mol. The molecule has 7 nitrogen and oxygen atoms in total. The summed E-state index contributed by atoms with van der Waals surface area (Å²) in [5.41, 5.74) is 2.78. The maximum absolute atomic E-state index is 12.4. The third-order valence-corrected chi connectivity index (χ3v) is 4.42. The molecular weight excluding hydrogens is 284 g/mol. The van der Waals surface area contributed by atoms with E-state index in [9.17, 15) is 14.7 Å². The minimum Gasteiger partial charge on any atom is -0.391 e. The van der Waals surface area contributed by atoms with Crippen molar-refractivity contribution in [2.24, 2.45) is 7.05 Å². The van der Waals surface area contributed by atoms with Gasteiger partial charge in [0.15, 0.2) is 5.65 Å². The van der Waals surface area contributed by atoms with Gasteiger partial charge in [-0.2, -0.15) is 0 Å². The molecule has 3 heterocycles. The molecule has 1 atom stereocenters. The number of β-amino-alcohol motifs (C(OH)–C–C–N with tert-alkyl or cyclic N) is 1. The molecule has 118 valence electrons. The van der Waals surface area contributed by atoms with Crippen LogP contribution in [0.4, 0.5) is 0 Å². The third kappa shape index (κ3) is 2.31. The minimum absolute atomic E-state index is 0.0312. The van der Waals surface area contributed by atoms with Crippen molar-refractivity contribution < 1.29 is 9.90 Å². The van der Waals surface area contributed by atoms with Crippen LogP contribution in [0.5, 0.6) is 0 Å². The molecule has 2 N–H and O–H groups in total. The Kier molecular flexibility index (Phi) is 3.52. The van der Waals surface area contributed by atoms with E-state index >= 15 is 0 Å². The average Bonchev–Trinajstić information content (AvgIpc) is 2.99. The largest absolute Gasteiger partial charge is 0.391 e. The number of aliphatic hydroxyl groups excluding tert-OH is 1. The summed E-state index contributed by atoms with van der Waals surface area (Å²) in [6.07, 6.45) is 0.407. The fourth-order valence-electron chi connectivity index (χ4n) is 3.14. The van der Waals surface area contributed by atoms with Gasteiger partial charge in [0.1, 0.15) is 0 Å². The maximum Gasteiger partial charge on any atom is 0.273 e. The van der Waals surface area contributed by atoms with Crippen molar-refractivity contribution in [1.82, 2.24) is 19.7 Å². The van der Waals surface area contributed by atoms with E-state index in [0.717, 1.165) is 16.8 Å². The number of hydrogen-bond donors (Lipinski definition) is 2. The molecule has 0 radical (unpaired) electrons. The van der Waals surface area contributed by atoms with Crippen LogP contribution < -0.4 is 5.56 Å². The lowest BCUT2D eigenvalue weighted by Crippen LogP contribution is -2.31. The molecule has 3 rings (SSSR count). The van der Waals surface area contributed by atoms with Gasteiger partial charge in [-0.1, -0.05) is 0 Å². The number of amides is 1. The number of likely N-dealkylation sites (tertiary alicyclic amines) is 1. The molecule has 0 aromatic carbocycles. The predicted octanol–water partition coefficient (Wildman–Crippen LogP) is 0.0141. The zero-order chi connectivity index (χ0) is 16.0. The highest BCUT2D eigenvalue weighted by Gasteiger charge is 2.26. The first kappa shape index (κ1) is 14.8. The van der Waals surface area contributed by atoms with E-state index in [4.69, 9.17) is 0 Å². The van der Waals surface area contributed by atoms with Gasteiger partial charge in [-0.15, -0.1) is 0 Å². The Balaban J connectivity index is 1.99. The standard InChI is InChI=1S/C15H20N4O3/c1-8-11(6-12(21)19-5-4-10(20)7-19)9(2)16-14-13(8)15(22)17-18(14)3/h10,20H,4-7H2,1-3H3,(H,17,22)/t10-/m1/s1. The summed E-state index contributed by atoms with van der Waals surface area (Å²) in [5, 5.41) is 12.8. The number of carbonyl (C=O) groups is 1. The topological polar surface area (TPSA) is 91.2 Å². The fourth-order valence-corrected chi connectivity index (χ4v) is 3.14. The van der Waals surface area contributed by atoms with Crippen LogP contribution in [0, 0.1) is 13.8 Å². The van der Waals surface area contributed by atoms with Crippen molar-refractivity contribution in [3.63, 3.8) is 0 Å². The first-order valence-electron chi connectivity index (χ1n) is 7.39. The van der Waals surface area contributed by atoms with E-state index < -0.39 is 6.10 Å². The van der Waals surface area contributed by atoms with Crippen LogP contribution in [0.1, 0.15) is 23.2 Å². The van der Waals surface area contributed by atoms with Crippen LogP contribution in [0.15, 0.2) is 4.79 Å². The van der Waals surface area contributed by atoms with Crippen molar-refractivity contribution in [2.75, 3.05) is 13.1 Å². The Morgan fingerprint density at radius 2 is 2.18 bits per heavy atom. The summed E-state index contributed by atoms with van der Waals surface area (Å²) in [4.78, 5) is 30.5. The Hall–Kier alpha value is -2.15. The molecule has 22 heavy (non-hydrogen) atoms. The highest BCUT2D eigenvalue weighted by Crippen LogP contribution is 2.21. The second kappa shape index (κ2) is 5.24. The number of aliphatic hydroxyl groups is 1. The van der Waals surface area contributed by atoms with Crippen molar-refractivity contribution in [1.29, 1.82) is 0 Å². The lowest BCUT2D eigenvalue weighted by Gasteiger charge is -2.17. The van der Waals surface area contributed by atoms with E-state index in [-0.39, 0.29) is 17.9 Å². The molecular formula is C15H20N4O3. The van der Waals surface area contributed by atoms with Crippen LogP contribution in [0.2, 0.25) is 0 Å². The Morgan fingerprint density at radius 3 is 2.82 bits per heavy atom. The molecule has 1 aliphatic rings. The van der Waals surface area contributed by atoms with Gasteiger partial charge in [-0.3, -0.25) is 19.4 Å². The summed E-state index contributed by atoms with van der Waals surface area (Å²) >= 11 is 0. The highest BCUT2D eigenvalue weighted by molar-refractivity contribution is 5.84. The fraction of sp³-hybridized carbons (Fsp3) is 0.533. The molecule has 0 aliphatic carbocycles. The van der Waals surface area contributed by atoms with Crippen LogP contribution in [0.3, 0.4) is 0 Å². The quantitative estimate of drug-likeness (QED) is 0.818. The zero-order valence-corrected chi connectivity index (χ0v) is 13.0. The molecule has 1 aliphatic heterocycles. The second-order valence-corrected chi connectivity index (χ2v) is 5.96. The van der Waals surface area contributed by atoms with Crippen molar-refractivity contribution in [3.8, 4) is 0 Å². The summed E-state index contributed by atoms with van der Waals surface area (Å²) in [7, 11) is 1.74. The Labute approximate surface area is 127 Å². The SMILES string of the molecule is Cc1nc2c(c(C)c1CC(=O)N1CC[C@@H](O)C1)c(=O)[nH]n2C. The molecule has 0 saturated carbocycles. The molecule has 2 aromatic rings. The molecule has 0 spiro atoms. The lowest BCUT2D eigenvalue weighted by atomic mass is 10.0. The van der Waals surface area contributed by atoms with E-state index in [1.165, 1.54) is 0 Å². The van der Waals surface area contributed by atoms with Gasteiger partial charge in [0, 0.05) is 25.8 Å².